The van der Waals surface area contributed by atoms with E-state index < -0.39 is 5.97 Å². The summed E-state index contributed by atoms with van der Waals surface area (Å²) < 4.78 is 4.55. The van der Waals surface area contributed by atoms with Gasteiger partial charge in [-0.05, 0) is 13.8 Å². The quantitative estimate of drug-likeness (QED) is 0.362. The second-order valence-electron chi connectivity index (χ2n) is 1.74. The molecule has 0 saturated heterocycles. The number of nitrogens with zero attached hydrogens (tertiary/aromatic N) is 1. The molecule has 0 aliphatic rings. The number of hydrogen-bond acceptors (Lipinski definition) is 3. The average Bonchev–Trinajstić information content (AvgIpc) is 1.88. The van der Waals surface area contributed by atoms with Gasteiger partial charge in [-0.1, -0.05) is 11.6 Å². The molecule has 0 aromatic heterocycles. The standard InChI is InChI=1S/C7H8ClNO2/c1-3-11-7(10)6(4-9)5(2)8/h3H2,1-2H3. The summed E-state index contributed by atoms with van der Waals surface area (Å²) in [6.45, 7) is 3.38. The molecule has 0 N–H and O–H groups in total. The van der Waals surface area contributed by atoms with Gasteiger partial charge >= 0.3 is 5.97 Å². The zero-order valence-corrected chi connectivity index (χ0v) is 7.10. The van der Waals surface area contributed by atoms with Crippen LogP contribution in [0.3, 0.4) is 0 Å². The number of halogens is 1. The molecule has 0 aliphatic heterocycles. The van der Waals surface area contributed by atoms with Crippen molar-refractivity contribution in [2.24, 2.45) is 0 Å². The molecule has 0 fully saturated rings. The second-order valence-corrected chi connectivity index (χ2v) is 2.31. The Bertz CT molecular complexity index is 223. The van der Waals surface area contributed by atoms with Crippen molar-refractivity contribution >= 4 is 17.6 Å². The maximum absolute atomic E-state index is 10.8. The molecule has 0 radical (unpaired) electrons. The summed E-state index contributed by atoms with van der Waals surface area (Å²) in [7, 11) is 0. The normalized spacial score (nSPS) is 11.5. The highest BCUT2D eigenvalue weighted by atomic mass is 35.5. The molecule has 0 rings (SSSR count). The molecular weight excluding hydrogens is 166 g/mol. The highest BCUT2D eigenvalue weighted by Gasteiger charge is 2.11. The third-order valence-electron chi connectivity index (χ3n) is 0.936. The first-order valence-corrected chi connectivity index (χ1v) is 3.44. The highest BCUT2D eigenvalue weighted by molar-refractivity contribution is 6.31. The van der Waals surface area contributed by atoms with Crippen LogP contribution in [0.2, 0.25) is 0 Å². The van der Waals surface area contributed by atoms with Gasteiger partial charge in [-0.15, -0.1) is 0 Å². The van der Waals surface area contributed by atoms with Gasteiger partial charge in [0.05, 0.1) is 6.61 Å². The number of rotatable bonds is 2. The van der Waals surface area contributed by atoms with Crippen molar-refractivity contribution in [3.05, 3.63) is 10.6 Å². The van der Waals surface area contributed by atoms with Crippen molar-refractivity contribution in [1.29, 1.82) is 5.26 Å². The Hall–Kier alpha value is -1.01. The van der Waals surface area contributed by atoms with Crippen molar-refractivity contribution in [1.82, 2.24) is 0 Å². The lowest BCUT2D eigenvalue weighted by Crippen LogP contribution is -2.06. The van der Waals surface area contributed by atoms with Crippen molar-refractivity contribution in [3.8, 4) is 6.07 Å². The van der Waals surface area contributed by atoms with Gasteiger partial charge in [0.1, 0.15) is 6.07 Å². The lowest BCUT2D eigenvalue weighted by Gasteiger charge is -1.98. The van der Waals surface area contributed by atoms with E-state index in [1.54, 1.807) is 13.0 Å². The maximum atomic E-state index is 10.8. The lowest BCUT2D eigenvalue weighted by molar-refractivity contribution is -0.138. The second kappa shape index (κ2) is 4.75. The van der Waals surface area contributed by atoms with Crippen LogP contribution >= 0.6 is 11.6 Å². The van der Waals surface area contributed by atoms with Crippen LogP contribution < -0.4 is 0 Å². The van der Waals surface area contributed by atoms with Crippen LogP contribution in [-0.2, 0) is 9.53 Å². The van der Waals surface area contributed by atoms with E-state index in [9.17, 15) is 4.79 Å². The van der Waals surface area contributed by atoms with E-state index >= 15 is 0 Å². The fraction of sp³-hybridized carbons (Fsp3) is 0.429. The van der Waals surface area contributed by atoms with Gasteiger partial charge in [0.2, 0.25) is 0 Å². The number of carbonyl (C=O) groups excluding carboxylic acids is 1. The SMILES string of the molecule is CCOC(=O)C(C#N)=C(C)Cl. The van der Waals surface area contributed by atoms with Gasteiger partial charge in [0.15, 0.2) is 5.57 Å². The lowest BCUT2D eigenvalue weighted by atomic mass is 10.3. The van der Waals surface area contributed by atoms with E-state index in [1.165, 1.54) is 6.92 Å². The van der Waals surface area contributed by atoms with Gasteiger partial charge in [0, 0.05) is 5.03 Å². The molecule has 0 aromatic carbocycles. The van der Waals surface area contributed by atoms with Gasteiger partial charge in [-0.25, -0.2) is 4.79 Å². The molecule has 0 bridgehead atoms. The summed E-state index contributed by atoms with van der Waals surface area (Å²) in [4.78, 5) is 10.8. The molecule has 0 heterocycles. The predicted molar refractivity (Wildman–Crippen MR) is 40.8 cm³/mol. The summed E-state index contributed by atoms with van der Waals surface area (Å²) >= 11 is 5.43. The van der Waals surface area contributed by atoms with E-state index in [-0.39, 0.29) is 17.2 Å². The Morgan fingerprint density at radius 2 is 2.27 bits per heavy atom. The van der Waals surface area contributed by atoms with Crippen molar-refractivity contribution in [2.75, 3.05) is 6.61 Å². The van der Waals surface area contributed by atoms with Crippen molar-refractivity contribution in [2.45, 2.75) is 13.8 Å². The van der Waals surface area contributed by atoms with Crippen LogP contribution in [0, 0.1) is 11.3 Å². The third-order valence-corrected chi connectivity index (χ3v) is 1.12. The fourth-order valence-corrected chi connectivity index (χ4v) is 0.586. The Balaban J connectivity index is 4.45. The van der Waals surface area contributed by atoms with Gasteiger partial charge in [-0.2, -0.15) is 5.26 Å². The highest BCUT2D eigenvalue weighted by Crippen LogP contribution is 2.08. The first-order chi connectivity index (χ1) is 5.13. The predicted octanol–water partition coefficient (Wildman–Crippen LogP) is 1.59. The summed E-state index contributed by atoms with van der Waals surface area (Å²) in [5, 5.41) is 8.56. The van der Waals surface area contributed by atoms with Gasteiger partial charge < -0.3 is 4.74 Å². The number of nitriles is 1. The molecule has 0 spiro atoms. The number of esters is 1. The van der Waals surface area contributed by atoms with E-state index in [4.69, 9.17) is 16.9 Å². The summed E-state index contributed by atoms with van der Waals surface area (Å²) in [6, 6.07) is 1.66. The zero-order chi connectivity index (χ0) is 8.85. The molecule has 0 aromatic rings. The monoisotopic (exact) mass is 173 g/mol. The summed E-state index contributed by atoms with van der Waals surface area (Å²) in [6.07, 6.45) is 0. The molecule has 0 atom stereocenters. The number of hydrogen-bond donors (Lipinski definition) is 0. The van der Waals surface area contributed by atoms with E-state index in [1.807, 2.05) is 0 Å². The number of ether oxygens (including phenoxy) is 1. The van der Waals surface area contributed by atoms with Crippen LogP contribution in [0.25, 0.3) is 0 Å². The smallest absolute Gasteiger partial charge is 0.350 e. The van der Waals surface area contributed by atoms with Crippen molar-refractivity contribution in [3.63, 3.8) is 0 Å². The Morgan fingerprint density at radius 1 is 1.73 bits per heavy atom. The van der Waals surface area contributed by atoms with Crippen LogP contribution in [0.5, 0.6) is 0 Å². The molecule has 3 nitrogen and oxygen atoms in total. The van der Waals surface area contributed by atoms with E-state index in [0.29, 0.717) is 0 Å². The average molecular weight is 174 g/mol. The van der Waals surface area contributed by atoms with Crippen LogP contribution in [-0.4, -0.2) is 12.6 Å². The zero-order valence-electron chi connectivity index (χ0n) is 6.35. The van der Waals surface area contributed by atoms with Crippen molar-refractivity contribution < 1.29 is 9.53 Å². The molecule has 0 aliphatic carbocycles. The molecule has 11 heavy (non-hydrogen) atoms. The molecule has 0 unspecified atom stereocenters. The number of allylic oxidation sites excluding steroid dienone is 1. The maximum Gasteiger partial charge on any atom is 0.350 e. The molecule has 0 amide bonds. The minimum Gasteiger partial charge on any atom is -0.462 e. The first kappa shape index (κ1) is 9.99. The summed E-state index contributed by atoms with van der Waals surface area (Å²) in [5.41, 5.74) is -0.131. The molecular formula is C7H8ClNO2. The van der Waals surface area contributed by atoms with E-state index in [2.05, 4.69) is 4.74 Å². The van der Waals surface area contributed by atoms with Gasteiger partial charge in [-0.3, -0.25) is 0 Å². The molecule has 4 heteroatoms. The van der Waals surface area contributed by atoms with Gasteiger partial charge in [0.25, 0.3) is 0 Å². The Labute approximate surface area is 70.2 Å². The Kier molecular flexibility index (Phi) is 4.32. The third kappa shape index (κ3) is 3.06. The minimum atomic E-state index is -0.664. The number of carbonyl (C=O) groups is 1. The Morgan fingerprint density at radius 3 is 2.55 bits per heavy atom. The fourth-order valence-electron chi connectivity index (χ4n) is 0.467. The first-order valence-electron chi connectivity index (χ1n) is 3.07. The molecule has 60 valence electrons. The largest absolute Gasteiger partial charge is 0.462 e. The molecule has 0 saturated carbocycles. The van der Waals surface area contributed by atoms with Crippen LogP contribution in [0.1, 0.15) is 13.8 Å². The minimum absolute atomic E-state index is 0.131. The van der Waals surface area contributed by atoms with Crippen LogP contribution in [0.15, 0.2) is 10.6 Å². The van der Waals surface area contributed by atoms with E-state index in [0.717, 1.165) is 0 Å². The topological polar surface area (TPSA) is 50.1 Å². The van der Waals surface area contributed by atoms with Crippen LogP contribution in [0.4, 0.5) is 0 Å². The summed E-state index contributed by atoms with van der Waals surface area (Å²) in [5.74, 6) is -0.664.